The van der Waals surface area contributed by atoms with Crippen molar-refractivity contribution in [2.45, 2.75) is 134 Å². The lowest BCUT2D eigenvalue weighted by Gasteiger charge is -2.71. The molecule has 0 amide bonds. The zero-order valence-electron chi connectivity index (χ0n) is 43.3. The number of aliphatic hydroxyl groups excluding tert-OH is 4. The zero-order valence-corrected chi connectivity index (χ0v) is 43.3. The molecule has 6 bridgehead atoms. The number of ether oxygens (including phenoxy) is 2. The molecule has 1 aromatic carbocycles. The minimum Gasteiger partial charge on any atom is -0.396 e. The molecule has 388 valence electrons. The fourth-order valence-corrected chi connectivity index (χ4v) is 15.6. The van der Waals surface area contributed by atoms with Crippen LogP contribution in [-0.4, -0.2) is 129 Å². The third kappa shape index (κ3) is 10.4. The van der Waals surface area contributed by atoms with Crippen LogP contribution in [0.3, 0.4) is 0 Å². The number of fused-ring (bicyclic) bond motifs is 4. The van der Waals surface area contributed by atoms with Crippen molar-refractivity contribution in [3.63, 3.8) is 0 Å². The molecule has 4 saturated carbocycles. The predicted molar refractivity (Wildman–Crippen MR) is 279 cm³/mol. The highest BCUT2D eigenvalue weighted by molar-refractivity contribution is 5.75. The third-order valence-electron chi connectivity index (χ3n) is 18.8. The highest BCUT2D eigenvalue weighted by Crippen LogP contribution is 2.80. The maximum atomic E-state index is 13.5. The number of allylic oxidation sites excluding steroid dienone is 9. The van der Waals surface area contributed by atoms with Crippen LogP contribution < -0.4 is 16.0 Å². The van der Waals surface area contributed by atoms with E-state index < -0.39 is 40.7 Å². The van der Waals surface area contributed by atoms with Gasteiger partial charge in [0.05, 0.1) is 31.5 Å². The van der Waals surface area contributed by atoms with Crippen LogP contribution in [0, 0.1) is 45.8 Å². The van der Waals surface area contributed by atoms with Gasteiger partial charge in [0.25, 0.3) is 0 Å². The van der Waals surface area contributed by atoms with Crippen LogP contribution in [0.5, 0.6) is 0 Å². The number of hydrogen-bond donors (Lipinski definition) is 8. The minimum absolute atomic E-state index is 0.0474. The number of hydrogen-bond acceptors (Lipinski definition) is 11. The first-order valence-corrected chi connectivity index (χ1v) is 26.8. The normalized spacial score (nSPS) is 37.5. The van der Waals surface area contributed by atoms with Crippen LogP contribution in [0.2, 0.25) is 0 Å². The summed E-state index contributed by atoms with van der Waals surface area (Å²) in [5, 5.41) is 68.4. The van der Waals surface area contributed by atoms with Crippen molar-refractivity contribution >= 4 is 6.29 Å². The van der Waals surface area contributed by atoms with E-state index in [-0.39, 0.29) is 43.1 Å². The minimum atomic E-state index is -1.28. The van der Waals surface area contributed by atoms with E-state index in [1.54, 1.807) is 0 Å². The average Bonchev–Trinajstić information content (AvgIpc) is 3.57. The molecule has 0 saturated heterocycles. The van der Waals surface area contributed by atoms with Gasteiger partial charge in [-0.05, 0) is 176 Å². The van der Waals surface area contributed by atoms with Crippen molar-refractivity contribution in [2.75, 3.05) is 73.9 Å². The Morgan fingerprint density at radius 2 is 1.84 bits per heavy atom. The summed E-state index contributed by atoms with van der Waals surface area (Å²) in [4.78, 5) is 12.8. The lowest BCUT2D eigenvalue weighted by molar-refractivity contribution is -0.256. The summed E-state index contributed by atoms with van der Waals surface area (Å²) >= 11 is 0. The number of carbonyl (C=O) groups excluding carboxylic acids is 1. The lowest BCUT2D eigenvalue weighted by atomic mass is 9.34. The second-order valence-electron chi connectivity index (χ2n) is 22.5. The standard InChI is InChI=1S/C59H89N3O8/c1-41-17-18-46(32-44-12-10-13-45(31-44)33-56(62-35-41,27-30-69-6)52-16-8-7-14-48(52)36-61-5)42(2)11-9-15-50(39-70-40-51(66)38-65)55-22-24-58-49(21-29-63)20-19-47(53(58)43(3)37-64)34-57(68,26-28-60-4)59(58,25-23-55)54(55)67/h9-13,15,17,19-20,31,37,46-49,51-52,54,60-63,65-68H,2,7-8,14,16,18,21-30,32-36,38-40H2,1,3-6H3/b11-9+,41-17+,50-15-,53-43?/t46-,47+,48+,49+,51-,52+,54-,55+,56-,57-,58+,59-/m1/s1. The Bertz CT molecular complexity index is 2110. The summed E-state index contributed by atoms with van der Waals surface area (Å²) in [7, 11) is 5.79. The maximum absolute atomic E-state index is 13.5. The number of nitrogens with one attached hydrogen (secondary N) is 3. The van der Waals surface area contributed by atoms with Crippen LogP contribution in [0.25, 0.3) is 0 Å². The summed E-state index contributed by atoms with van der Waals surface area (Å²) in [5.74, 6) is 0.933. The fourth-order valence-electron chi connectivity index (χ4n) is 15.6. The van der Waals surface area contributed by atoms with Crippen molar-refractivity contribution in [1.82, 2.24) is 16.0 Å². The number of benzene rings is 1. The number of aldehydes is 1. The van der Waals surface area contributed by atoms with E-state index in [1.165, 1.54) is 42.4 Å². The summed E-state index contributed by atoms with van der Waals surface area (Å²) in [6.45, 7) is 11.5. The largest absolute Gasteiger partial charge is 0.396 e. The highest BCUT2D eigenvalue weighted by atomic mass is 16.5. The quantitative estimate of drug-likeness (QED) is 0.0279. The van der Waals surface area contributed by atoms with Crippen molar-refractivity contribution in [3.8, 4) is 0 Å². The second-order valence-corrected chi connectivity index (χ2v) is 22.5. The molecule has 7 rings (SSSR count). The fraction of sp³-hybridized carbons (Fsp3) is 0.678. The first-order chi connectivity index (χ1) is 33.8. The molecule has 1 heterocycles. The molecule has 12 atom stereocenters. The Labute approximate surface area is 420 Å². The summed E-state index contributed by atoms with van der Waals surface area (Å²) in [5.41, 5.74) is 3.58. The summed E-state index contributed by atoms with van der Waals surface area (Å²) < 4.78 is 12.0. The topological polar surface area (TPSA) is 173 Å². The summed E-state index contributed by atoms with van der Waals surface area (Å²) in [6, 6.07) is 9.19. The molecular weight excluding hydrogens is 879 g/mol. The third-order valence-corrected chi connectivity index (χ3v) is 18.8. The Morgan fingerprint density at radius 3 is 2.59 bits per heavy atom. The van der Waals surface area contributed by atoms with Gasteiger partial charge in [-0.15, -0.1) is 0 Å². The Kier molecular flexibility index (Phi) is 18.6. The van der Waals surface area contributed by atoms with Crippen molar-refractivity contribution in [1.29, 1.82) is 0 Å². The molecule has 1 aromatic rings. The molecular formula is C59H89N3O8. The highest BCUT2D eigenvalue weighted by Gasteiger charge is 2.79. The smallest absolute Gasteiger partial charge is 0.145 e. The first-order valence-electron chi connectivity index (χ1n) is 26.8. The van der Waals surface area contributed by atoms with Crippen molar-refractivity contribution < 1.29 is 39.8 Å². The van der Waals surface area contributed by atoms with Gasteiger partial charge >= 0.3 is 0 Å². The molecule has 11 heteroatoms. The van der Waals surface area contributed by atoms with Gasteiger partial charge in [-0.3, -0.25) is 4.79 Å². The lowest BCUT2D eigenvalue weighted by Crippen LogP contribution is -2.73. The van der Waals surface area contributed by atoms with E-state index in [4.69, 9.17) is 16.1 Å². The van der Waals surface area contributed by atoms with Gasteiger partial charge in [0, 0.05) is 54.6 Å². The number of rotatable bonds is 21. The van der Waals surface area contributed by atoms with Gasteiger partial charge < -0.3 is 51.0 Å². The van der Waals surface area contributed by atoms with Gasteiger partial charge in [-0.2, -0.15) is 0 Å². The molecule has 1 aliphatic heterocycles. The molecule has 6 aliphatic rings. The number of carbonyl (C=O) groups is 1. The van der Waals surface area contributed by atoms with Crippen LogP contribution in [0.15, 0.2) is 95.2 Å². The first kappa shape index (κ1) is 54.7. The summed E-state index contributed by atoms with van der Waals surface area (Å²) in [6.07, 6.45) is 24.0. The molecule has 0 unspecified atom stereocenters. The van der Waals surface area contributed by atoms with Crippen LogP contribution in [0.1, 0.15) is 108 Å². The molecule has 4 fully saturated rings. The molecule has 70 heavy (non-hydrogen) atoms. The van der Waals surface area contributed by atoms with Gasteiger partial charge in [-0.25, -0.2) is 0 Å². The number of aliphatic hydroxyl groups is 5. The Hall–Kier alpha value is -3.07. The van der Waals surface area contributed by atoms with Gasteiger partial charge in [0.1, 0.15) is 12.4 Å². The zero-order chi connectivity index (χ0) is 50.2. The predicted octanol–water partition coefficient (Wildman–Crippen LogP) is 6.89. The molecule has 0 aromatic heterocycles. The second kappa shape index (κ2) is 23.9. The monoisotopic (exact) mass is 968 g/mol. The van der Waals surface area contributed by atoms with Gasteiger partial charge in [-0.1, -0.05) is 91.3 Å². The van der Waals surface area contributed by atoms with E-state index in [9.17, 15) is 30.3 Å². The molecule has 0 radical (unpaired) electrons. The average molecular weight is 968 g/mol. The number of methoxy groups -OCH3 is 1. The van der Waals surface area contributed by atoms with E-state index in [1.807, 2.05) is 27.2 Å². The van der Waals surface area contributed by atoms with Crippen molar-refractivity contribution in [3.05, 3.63) is 106 Å². The Morgan fingerprint density at radius 1 is 1.06 bits per heavy atom. The van der Waals surface area contributed by atoms with Crippen molar-refractivity contribution in [2.24, 2.45) is 45.8 Å². The van der Waals surface area contributed by atoms with E-state index >= 15 is 0 Å². The molecule has 2 spiro atoms. The Balaban J connectivity index is 1.23. The maximum Gasteiger partial charge on any atom is 0.145 e. The van der Waals surface area contributed by atoms with E-state index in [2.05, 4.69) is 84.6 Å². The van der Waals surface area contributed by atoms with Crippen LogP contribution in [0.4, 0.5) is 0 Å². The molecule has 11 nitrogen and oxygen atoms in total. The van der Waals surface area contributed by atoms with Gasteiger partial charge in [0.2, 0.25) is 0 Å². The van der Waals surface area contributed by atoms with Crippen LogP contribution >= 0.6 is 0 Å². The van der Waals surface area contributed by atoms with E-state index in [0.29, 0.717) is 75.5 Å². The molecule has 5 aliphatic carbocycles. The van der Waals surface area contributed by atoms with E-state index in [0.717, 1.165) is 61.8 Å². The van der Waals surface area contributed by atoms with Crippen LogP contribution in [-0.2, 0) is 27.1 Å². The molecule has 8 N–H and O–H groups in total. The SMILES string of the molecule is C=C(/C=C/C=C(/COC[C@H](O)CO)[C@]12CC[C@@]3([C@@H]1O)[C@@](O)(CCNC)C[C@@H]1C=C[C@@H](CCO)[C@@]3(CC2)C1=C(C)C=O)[C@@H]1C/C=C(\C)CN[C@@](CCOC)([C@H]2CCCC[C@H]2CNC)Cc2cccc(c2)C1. The van der Waals surface area contributed by atoms with Gasteiger partial charge in [0.15, 0.2) is 0 Å².